The summed E-state index contributed by atoms with van der Waals surface area (Å²) in [5.74, 6) is 1.57. The monoisotopic (exact) mass is 434 g/mol. The number of carbonyl (C=O) groups excluding carboxylic acids is 1. The van der Waals surface area contributed by atoms with Crippen LogP contribution in [0.1, 0.15) is 81.0 Å². The van der Waals surface area contributed by atoms with Crippen LogP contribution >= 0.6 is 23.4 Å². The van der Waals surface area contributed by atoms with E-state index in [0.717, 1.165) is 37.1 Å². The van der Waals surface area contributed by atoms with Crippen molar-refractivity contribution >= 4 is 29.3 Å². The molecule has 4 saturated carbocycles. The van der Waals surface area contributed by atoms with Gasteiger partial charge in [0, 0.05) is 11.3 Å². The highest BCUT2D eigenvalue weighted by Gasteiger charge is 2.53. The molecule has 1 amide bonds. The molecular weight excluding hydrogens is 404 g/mol. The summed E-state index contributed by atoms with van der Waals surface area (Å²) in [6.45, 7) is 0. The first-order chi connectivity index (χ1) is 14.0. The van der Waals surface area contributed by atoms with Crippen LogP contribution in [0.15, 0.2) is 17.2 Å². The number of thioether (sulfide) groups is 1. The maximum Gasteiger partial charge on any atom is 0.254 e. The first kappa shape index (κ1) is 20.1. The zero-order chi connectivity index (χ0) is 20.0. The van der Waals surface area contributed by atoms with E-state index in [1.807, 2.05) is 6.07 Å². The first-order valence-electron chi connectivity index (χ1n) is 11.4. The highest BCUT2D eigenvalue weighted by Crippen LogP contribution is 2.55. The summed E-state index contributed by atoms with van der Waals surface area (Å²) in [5, 5.41) is 16.0. The number of amides is 1. The lowest BCUT2D eigenvalue weighted by atomic mass is 9.77. The van der Waals surface area contributed by atoms with Crippen molar-refractivity contribution < 1.29 is 9.90 Å². The van der Waals surface area contributed by atoms with E-state index >= 15 is 0 Å². The molecule has 2 N–H and O–H groups in total. The number of nitrogens with one attached hydrogen (secondary N) is 1. The predicted octanol–water partition coefficient (Wildman–Crippen LogP) is 5.22. The quantitative estimate of drug-likeness (QED) is 0.637. The summed E-state index contributed by atoms with van der Waals surface area (Å²) in [4.78, 5) is 17.8. The Hall–Kier alpha value is -0.780. The van der Waals surface area contributed by atoms with Gasteiger partial charge in [0.05, 0.1) is 11.2 Å². The number of aliphatic hydroxyl groups is 1. The van der Waals surface area contributed by atoms with Gasteiger partial charge in [-0.1, -0.05) is 30.9 Å². The number of pyridine rings is 1. The number of hydrogen-bond donors (Lipinski definition) is 2. The summed E-state index contributed by atoms with van der Waals surface area (Å²) < 4.78 is 0. The Morgan fingerprint density at radius 1 is 1.14 bits per heavy atom. The Labute approximate surface area is 182 Å². The van der Waals surface area contributed by atoms with Crippen LogP contribution in [0.2, 0.25) is 5.15 Å². The van der Waals surface area contributed by atoms with Crippen LogP contribution in [0.25, 0.3) is 0 Å². The Morgan fingerprint density at radius 2 is 1.97 bits per heavy atom. The van der Waals surface area contributed by atoms with E-state index < -0.39 is 5.60 Å². The topological polar surface area (TPSA) is 62.2 Å². The second-order valence-corrected chi connectivity index (χ2v) is 11.6. The zero-order valence-electron chi connectivity index (χ0n) is 16.9. The second-order valence-electron chi connectivity index (χ2n) is 9.88. The third kappa shape index (κ3) is 4.20. The maximum atomic E-state index is 13.3. The van der Waals surface area contributed by atoms with Gasteiger partial charge in [-0.25, -0.2) is 4.98 Å². The first-order valence-corrected chi connectivity index (χ1v) is 12.6. The van der Waals surface area contributed by atoms with Crippen LogP contribution in [0.3, 0.4) is 0 Å². The van der Waals surface area contributed by atoms with Gasteiger partial charge in [-0.15, -0.1) is 11.8 Å². The lowest BCUT2D eigenvalue weighted by Gasteiger charge is -2.33. The van der Waals surface area contributed by atoms with E-state index in [1.165, 1.54) is 38.5 Å². The largest absolute Gasteiger partial charge is 0.390 e. The molecule has 1 aromatic heterocycles. The zero-order valence-corrected chi connectivity index (χ0v) is 18.5. The summed E-state index contributed by atoms with van der Waals surface area (Å²) in [6.07, 6.45) is 12.3. The summed E-state index contributed by atoms with van der Waals surface area (Å²) in [6, 6.07) is 3.73. The standard InChI is InChI=1S/C23H31ClN2O2S/c24-20-9-7-17(22(26-20)29-16-4-2-1-3-5-16)21(27)25-19-8-6-14-10-15-12-23(28,11-14)13-18(15)19/h7,9,14-16,18-19,28H,1-6,8,10-13H2,(H,25,27)/t14?,15?,18?,19-,23-/m0/s1. The van der Waals surface area contributed by atoms with E-state index in [4.69, 9.17) is 11.6 Å². The van der Waals surface area contributed by atoms with Crippen molar-refractivity contribution in [3.63, 3.8) is 0 Å². The van der Waals surface area contributed by atoms with Crippen molar-refractivity contribution in [2.24, 2.45) is 17.8 Å². The lowest BCUT2D eigenvalue weighted by molar-refractivity contribution is -0.00594. The summed E-state index contributed by atoms with van der Waals surface area (Å²) >= 11 is 7.91. The molecule has 3 unspecified atom stereocenters. The van der Waals surface area contributed by atoms with Gasteiger partial charge in [-0.05, 0) is 81.3 Å². The Bertz CT molecular complexity index is 784. The molecule has 29 heavy (non-hydrogen) atoms. The number of halogens is 1. The second kappa shape index (κ2) is 8.05. The molecule has 4 nitrogen and oxygen atoms in total. The van der Waals surface area contributed by atoms with Crippen molar-refractivity contribution in [2.75, 3.05) is 0 Å². The molecule has 1 aromatic rings. The SMILES string of the molecule is O=C(N[C@H]1CCC2CC3C[C@@](O)(C2)CC31)c1ccc(Cl)nc1SC1CCCCC1. The molecule has 3 bridgehead atoms. The highest BCUT2D eigenvalue weighted by atomic mass is 35.5. The molecular formula is C23H31ClN2O2S. The lowest BCUT2D eigenvalue weighted by Crippen LogP contribution is -2.42. The van der Waals surface area contributed by atoms with Crippen molar-refractivity contribution in [2.45, 2.75) is 92.5 Å². The fraction of sp³-hybridized carbons (Fsp3) is 0.739. The van der Waals surface area contributed by atoms with E-state index in [0.29, 0.717) is 33.7 Å². The smallest absolute Gasteiger partial charge is 0.254 e. The minimum Gasteiger partial charge on any atom is -0.390 e. The van der Waals surface area contributed by atoms with Crippen molar-refractivity contribution in [1.82, 2.24) is 10.3 Å². The van der Waals surface area contributed by atoms with Crippen molar-refractivity contribution in [1.29, 1.82) is 0 Å². The van der Waals surface area contributed by atoms with Crippen LogP contribution in [0.5, 0.6) is 0 Å². The summed E-state index contributed by atoms with van der Waals surface area (Å²) in [5.41, 5.74) is 0.179. The Morgan fingerprint density at radius 3 is 2.79 bits per heavy atom. The van der Waals surface area contributed by atoms with Gasteiger partial charge < -0.3 is 10.4 Å². The molecule has 5 rings (SSSR count). The predicted molar refractivity (Wildman–Crippen MR) is 116 cm³/mol. The van der Waals surface area contributed by atoms with E-state index in [1.54, 1.807) is 17.8 Å². The van der Waals surface area contributed by atoms with Gasteiger partial charge in [-0.3, -0.25) is 4.79 Å². The summed E-state index contributed by atoms with van der Waals surface area (Å²) in [7, 11) is 0. The third-order valence-electron chi connectivity index (χ3n) is 7.79. The van der Waals surface area contributed by atoms with Gasteiger partial charge in [-0.2, -0.15) is 0 Å². The molecule has 158 valence electrons. The number of carbonyl (C=O) groups is 1. The van der Waals surface area contributed by atoms with Crippen LogP contribution in [-0.4, -0.2) is 32.9 Å². The maximum absolute atomic E-state index is 13.3. The van der Waals surface area contributed by atoms with Gasteiger partial charge >= 0.3 is 0 Å². The van der Waals surface area contributed by atoms with E-state index in [2.05, 4.69) is 10.3 Å². The van der Waals surface area contributed by atoms with E-state index in [-0.39, 0.29) is 11.9 Å². The van der Waals surface area contributed by atoms with Crippen LogP contribution < -0.4 is 5.32 Å². The minimum atomic E-state index is -0.481. The average molecular weight is 435 g/mol. The molecule has 0 radical (unpaired) electrons. The number of fused-ring (bicyclic) bond motifs is 2. The van der Waals surface area contributed by atoms with Crippen LogP contribution in [0.4, 0.5) is 0 Å². The molecule has 0 aromatic carbocycles. The number of nitrogens with zero attached hydrogens (tertiary/aromatic N) is 1. The van der Waals surface area contributed by atoms with Gasteiger partial charge in [0.15, 0.2) is 0 Å². The van der Waals surface area contributed by atoms with Crippen LogP contribution in [-0.2, 0) is 0 Å². The fourth-order valence-corrected chi connectivity index (χ4v) is 8.09. The average Bonchev–Trinajstić information content (AvgIpc) is 2.87. The minimum absolute atomic E-state index is 0.0225. The van der Waals surface area contributed by atoms with Gasteiger partial charge in [0.2, 0.25) is 0 Å². The molecule has 1 heterocycles. The van der Waals surface area contributed by atoms with Crippen molar-refractivity contribution in [3.8, 4) is 0 Å². The number of hydrogen-bond acceptors (Lipinski definition) is 4. The Kier molecular flexibility index (Phi) is 5.59. The van der Waals surface area contributed by atoms with Crippen molar-refractivity contribution in [3.05, 3.63) is 22.8 Å². The number of aromatic nitrogens is 1. The fourth-order valence-electron chi connectivity index (χ4n) is 6.57. The molecule has 4 fully saturated rings. The molecule has 0 spiro atoms. The number of rotatable bonds is 4. The van der Waals surface area contributed by atoms with Crippen LogP contribution in [0, 0.1) is 17.8 Å². The molecule has 4 aliphatic carbocycles. The van der Waals surface area contributed by atoms with E-state index in [9.17, 15) is 9.90 Å². The normalized spacial score (nSPS) is 36.8. The molecule has 0 saturated heterocycles. The third-order valence-corrected chi connectivity index (χ3v) is 9.34. The molecule has 6 heteroatoms. The Balaban J connectivity index is 1.33. The van der Waals surface area contributed by atoms with Gasteiger partial charge in [0.25, 0.3) is 5.91 Å². The highest BCUT2D eigenvalue weighted by molar-refractivity contribution is 7.99. The molecule has 5 atom stereocenters. The van der Waals surface area contributed by atoms with Gasteiger partial charge in [0.1, 0.15) is 10.2 Å². The molecule has 0 aliphatic heterocycles. The molecule has 4 aliphatic rings.